The number of nitrogens with one attached hydrogen (secondary N) is 3. The van der Waals surface area contributed by atoms with Crippen molar-refractivity contribution in [2.45, 2.75) is 26.1 Å². The first-order valence-electron chi connectivity index (χ1n) is 8.48. The third-order valence-electron chi connectivity index (χ3n) is 4.58. The van der Waals surface area contributed by atoms with Gasteiger partial charge in [0.05, 0.1) is 27.1 Å². The fourth-order valence-corrected chi connectivity index (χ4v) is 5.18. The molecule has 9 heteroatoms. The number of carbonyl (C=O) groups is 1. The molecule has 27 heavy (non-hydrogen) atoms. The summed E-state index contributed by atoms with van der Waals surface area (Å²) in [5.41, 5.74) is 8.30. The molecule has 0 aromatic carbocycles. The van der Waals surface area contributed by atoms with Gasteiger partial charge in [0.1, 0.15) is 9.88 Å². The number of thiophene rings is 1. The van der Waals surface area contributed by atoms with Crippen molar-refractivity contribution >= 4 is 40.2 Å². The Hall–Kier alpha value is -1.84. The van der Waals surface area contributed by atoms with E-state index in [1.807, 2.05) is 31.2 Å². The summed E-state index contributed by atoms with van der Waals surface area (Å²) in [6, 6.07) is 7.83. The van der Waals surface area contributed by atoms with Gasteiger partial charge in [0.25, 0.3) is 5.91 Å². The molecule has 0 saturated carbocycles. The van der Waals surface area contributed by atoms with Crippen molar-refractivity contribution in [3.63, 3.8) is 0 Å². The fraction of sp³-hybridized carbons (Fsp3) is 0.278. The van der Waals surface area contributed by atoms with Crippen molar-refractivity contribution in [2.75, 3.05) is 0 Å². The highest BCUT2D eigenvalue weighted by Gasteiger charge is 2.34. The summed E-state index contributed by atoms with van der Waals surface area (Å²) in [6.07, 6.45) is 3.36. The molecule has 0 spiro atoms. The van der Waals surface area contributed by atoms with Crippen molar-refractivity contribution in [1.29, 1.82) is 0 Å². The van der Waals surface area contributed by atoms with Crippen molar-refractivity contribution < 1.29 is 4.79 Å². The van der Waals surface area contributed by atoms with Crippen LogP contribution in [0.25, 0.3) is 9.88 Å². The maximum atomic E-state index is 12.8. The number of thiazole rings is 1. The van der Waals surface area contributed by atoms with Crippen LogP contribution in [-0.2, 0) is 0 Å². The van der Waals surface area contributed by atoms with Crippen molar-refractivity contribution in [2.24, 2.45) is 5.92 Å². The van der Waals surface area contributed by atoms with Gasteiger partial charge in [-0.25, -0.2) is 15.8 Å². The number of aromatic nitrogens is 2. The summed E-state index contributed by atoms with van der Waals surface area (Å²) in [7, 11) is 0. The first kappa shape index (κ1) is 18.5. The van der Waals surface area contributed by atoms with E-state index in [9.17, 15) is 4.79 Å². The fourth-order valence-electron chi connectivity index (χ4n) is 3.11. The number of pyridine rings is 1. The molecule has 3 N–H and O–H groups in total. The van der Waals surface area contributed by atoms with Gasteiger partial charge in [0, 0.05) is 18.3 Å². The smallest absolute Gasteiger partial charge is 0.264 e. The molecule has 1 fully saturated rings. The quantitative estimate of drug-likeness (QED) is 0.600. The molecule has 3 unspecified atom stereocenters. The van der Waals surface area contributed by atoms with Gasteiger partial charge in [-0.05, 0) is 36.8 Å². The van der Waals surface area contributed by atoms with Gasteiger partial charge in [0.2, 0.25) is 0 Å². The van der Waals surface area contributed by atoms with Crippen LogP contribution < -0.4 is 16.2 Å². The topological polar surface area (TPSA) is 78.9 Å². The predicted molar refractivity (Wildman–Crippen MR) is 109 cm³/mol. The third-order valence-corrected chi connectivity index (χ3v) is 7.14. The molecule has 3 aromatic heterocycles. The number of hydrogen-bond acceptors (Lipinski definition) is 7. The summed E-state index contributed by atoms with van der Waals surface area (Å²) >= 11 is 8.86. The number of amides is 1. The Morgan fingerprint density at radius 1 is 1.19 bits per heavy atom. The zero-order valence-electron chi connectivity index (χ0n) is 14.7. The molecule has 6 nitrogen and oxygen atoms in total. The standard InChI is InChI=1S/C18H18ClN5OS2/c1-9-14(11-5-7-20-8-6-11)23-24-16(9)22-17(25)15-10(2)21-18(27-15)12-3-4-13(19)26-12/h3-9,14,16,23-24H,1-2H3,(H,22,25). The minimum atomic E-state index is -0.184. The van der Waals surface area contributed by atoms with E-state index in [1.54, 1.807) is 12.4 Å². The zero-order valence-corrected chi connectivity index (χ0v) is 17.1. The maximum Gasteiger partial charge on any atom is 0.264 e. The molecule has 0 bridgehead atoms. The summed E-state index contributed by atoms with van der Waals surface area (Å²) in [5.74, 6) is 0.0422. The van der Waals surface area contributed by atoms with Gasteiger partial charge in [0.15, 0.2) is 0 Å². The van der Waals surface area contributed by atoms with E-state index in [0.717, 1.165) is 21.1 Å². The molecule has 1 amide bonds. The van der Waals surface area contributed by atoms with Crippen LogP contribution >= 0.6 is 34.3 Å². The second-order valence-electron chi connectivity index (χ2n) is 6.39. The minimum Gasteiger partial charge on any atom is -0.334 e. The lowest BCUT2D eigenvalue weighted by Gasteiger charge is -2.19. The van der Waals surface area contributed by atoms with Crippen LogP contribution in [0.2, 0.25) is 4.34 Å². The van der Waals surface area contributed by atoms with Crippen molar-refractivity contribution in [1.82, 2.24) is 26.1 Å². The SMILES string of the molecule is Cc1nc(-c2ccc(Cl)s2)sc1C(=O)NC1NNC(c2ccncc2)C1C. The molecule has 0 aliphatic carbocycles. The van der Waals surface area contributed by atoms with E-state index >= 15 is 0 Å². The zero-order chi connectivity index (χ0) is 19.0. The highest BCUT2D eigenvalue weighted by Crippen LogP contribution is 2.35. The Labute approximate surface area is 170 Å². The summed E-state index contributed by atoms with van der Waals surface area (Å²) in [4.78, 5) is 23.0. The number of carbonyl (C=O) groups excluding carboxylic acids is 1. The molecular weight excluding hydrogens is 402 g/mol. The number of hydrazine groups is 1. The van der Waals surface area contributed by atoms with Crippen LogP contribution in [0, 0.1) is 12.8 Å². The molecule has 3 aromatic rings. The molecule has 3 atom stereocenters. The Morgan fingerprint density at radius 2 is 1.96 bits per heavy atom. The van der Waals surface area contributed by atoms with E-state index in [1.165, 1.54) is 22.7 Å². The third kappa shape index (κ3) is 3.76. The summed E-state index contributed by atoms with van der Waals surface area (Å²) < 4.78 is 0.709. The number of halogens is 1. The number of hydrogen-bond donors (Lipinski definition) is 3. The van der Waals surface area contributed by atoms with E-state index in [2.05, 4.69) is 33.1 Å². The molecule has 1 saturated heterocycles. The Kier molecular flexibility index (Phi) is 5.25. The lowest BCUT2D eigenvalue weighted by atomic mass is 9.95. The van der Waals surface area contributed by atoms with Gasteiger partial charge in [-0.2, -0.15) is 0 Å². The first-order valence-corrected chi connectivity index (χ1v) is 10.5. The monoisotopic (exact) mass is 419 g/mol. The first-order chi connectivity index (χ1) is 13.0. The number of aryl methyl sites for hydroxylation is 1. The lowest BCUT2D eigenvalue weighted by Crippen LogP contribution is -2.46. The lowest BCUT2D eigenvalue weighted by molar-refractivity contribution is 0.0926. The average molecular weight is 420 g/mol. The van der Waals surface area contributed by atoms with Crippen molar-refractivity contribution in [3.05, 3.63) is 57.1 Å². The van der Waals surface area contributed by atoms with Crippen LogP contribution in [0.4, 0.5) is 0 Å². The Balaban J connectivity index is 1.47. The number of rotatable bonds is 4. The molecule has 140 valence electrons. The Morgan fingerprint density at radius 3 is 2.67 bits per heavy atom. The van der Waals surface area contributed by atoms with Crippen LogP contribution in [-0.4, -0.2) is 22.0 Å². The van der Waals surface area contributed by atoms with Crippen LogP contribution in [0.5, 0.6) is 0 Å². The largest absolute Gasteiger partial charge is 0.334 e. The van der Waals surface area contributed by atoms with Crippen LogP contribution in [0.1, 0.15) is 33.9 Å². The highest BCUT2D eigenvalue weighted by molar-refractivity contribution is 7.24. The van der Waals surface area contributed by atoms with Gasteiger partial charge in [-0.3, -0.25) is 9.78 Å². The molecule has 1 aliphatic heterocycles. The second kappa shape index (κ2) is 7.65. The Bertz CT molecular complexity index is 958. The second-order valence-corrected chi connectivity index (χ2v) is 9.11. The molecular formula is C18H18ClN5OS2. The van der Waals surface area contributed by atoms with Gasteiger partial charge in [-0.1, -0.05) is 18.5 Å². The average Bonchev–Trinajstić information content (AvgIpc) is 3.35. The highest BCUT2D eigenvalue weighted by atomic mass is 35.5. The predicted octanol–water partition coefficient (Wildman–Crippen LogP) is 3.77. The molecule has 4 rings (SSSR count). The summed E-state index contributed by atoms with van der Waals surface area (Å²) in [6.45, 7) is 3.95. The normalized spacial score (nSPS) is 22.1. The van der Waals surface area contributed by atoms with Crippen LogP contribution in [0.15, 0.2) is 36.7 Å². The summed E-state index contributed by atoms with van der Waals surface area (Å²) in [5, 5.41) is 3.89. The van der Waals surface area contributed by atoms with E-state index in [4.69, 9.17) is 11.6 Å². The van der Waals surface area contributed by atoms with Gasteiger partial charge >= 0.3 is 0 Å². The molecule has 1 aliphatic rings. The number of nitrogens with zero attached hydrogens (tertiary/aromatic N) is 2. The molecule has 0 radical (unpaired) electrons. The van der Waals surface area contributed by atoms with Crippen molar-refractivity contribution in [3.8, 4) is 9.88 Å². The van der Waals surface area contributed by atoms with E-state index < -0.39 is 0 Å². The van der Waals surface area contributed by atoms with E-state index in [-0.39, 0.29) is 24.0 Å². The minimum absolute atomic E-state index is 0.102. The van der Waals surface area contributed by atoms with Gasteiger partial charge < -0.3 is 5.32 Å². The van der Waals surface area contributed by atoms with Gasteiger partial charge in [-0.15, -0.1) is 22.7 Å². The van der Waals surface area contributed by atoms with E-state index in [0.29, 0.717) is 9.21 Å². The maximum absolute atomic E-state index is 12.8. The molecule has 4 heterocycles. The van der Waals surface area contributed by atoms with Crippen LogP contribution in [0.3, 0.4) is 0 Å².